The van der Waals surface area contributed by atoms with Gasteiger partial charge < -0.3 is 4.84 Å². The monoisotopic (exact) mass is 144 g/mol. The second-order valence-electron chi connectivity index (χ2n) is 1.48. The van der Waals surface area contributed by atoms with Gasteiger partial charge in [0.25, 0.3) is 0 Å². The minimum atomic E-state index is 0.458. The Labute approximate surface area is 60.7 Å². The molecule has 0 aromatic heterocycles. The smallest absolute Gasteiger partial charge is 0.155 e. The van der Waals surface area contributed by atoms with Crippen molar-refractivity contribution in [1.29, 1.82) is 5.26 Å². The lowest BCUT2D eigenvalue weighted by atomic mass is 10.4. The van der Waals surface area contributed by atoms with Gasteiger partial charge in [0, 0.05) is 6.92 Å². The highest BCUT2D eigenvalue weighted by Crippen LogP contribution is 1.86. The quantitative estimate of drug-likeness (QED) is 0.344. The van der Waals surface area contributed by atoms with Crippen LogP contribution in [-0.2, 0) is 4.84 Å². The van der Waals surface area contributed by atoms with E-state index in [9.17, 15) is 4.91 Å². The number of unbranched alkanes of at least 4 members (excludes halogenated alkanes) is 1. The molecule has 0 bridgehead atoms. The molecule has 10 heavy (non-hydrogen) atoms. The van der Waals surface area contributed by atoms with Crippen molar-refractivity contribution in [3.63, 3.8) is 0 Å². The van der Waals surface area contributed by atoms with Gasteiger partial charge in [0.2, 0.25) is 0 Å². The first-order valence-corrected chi connectivity index (χ1v) is 3.08. The summed E-state index contributed by atoms with van der Waals surface area (Å²) < 4.78 is 0. The molecule has 0 unspecified atom stereocenters. The molecule has 58 valence electrons. The van der Waals surface area contributed by atoms with Gasteiger partial charge in [0.05, 0.1) is 6.07 Å². The Balaban J connectivity index is 0. The van der Waals surface area contributed by atoms with Crippen molar-refractivity contribution in [2.45, 2.75) is 26.7 Å². The molecule has 0 heterocycles. The third-order valence-corrected chi connectivity index (χ3v) is 0.642. The first kappa shape index (κ1) is 11.7. The largest absolute Gasteiger partial charge is 0.364 e. The van der Waals surface area contributed by atoms with E-state index in [1.807, 2.05) is 6.92 Å². The normalized spacial score (nSPS) is 6.50. The van der Waals surface area contributed by atoms with Gasteiger partial charge in [-0.15, -0.1) is 4.91 Å². The summed E-state index contributed by atoms with van der Waals surface area (Å²) in [6.45, 7) is 3.91. The summed E-state index contributed by atoms with van der Waals surface area (Å²) in [6, 6.07) is 1.75. The summed E-state index contributed by atoms with van der Waals surface area (Å²) >= 11 is 0. The second kappa shape index (κ2) is 15.7. The Morgan fingerprint density at radius 1 is 1.70 bits per heavy atom. The second-order valence-corrected chi connectivity index (χ2v) is 1.48. The first-order valence-electron chi connectivity index (χ1n) is 3.08. The van der Waals surface area contributed by atoms with Crippen LogP contribution in [0.15, 0.2) is 5.34 Å². The zero-order valence-corrected chi connectivity index (χ0v) is 6.33. The summed E-state index contributed by atoms with van der Waals surface area (Å²) in [7, 11) is 0. The van der Waals surface area contributed by atoms with Crippen molar-refractivity contribution < 1.29 is 4.84 Å². The van der Waals surface area contributed by atoms with Crippen LogP contribution in [0.2, 0.25) is 0 Å². The lowest BCUT2D eigenvalue weighted by Crippen LogP contribution is -1.83. The standard InChI is InChI=1S/C4H9NO2.C2H3N/c1-2-3-4-7-5-6;1-2-3/h2-4H2,1H3;1H3. The SMILES string of the molecule is CC#N.CCCCON=O. The van der Waals surface area contributed by atoms with Crippen LogP contribution in [0, 0.1) is 16.2 Å². The molecule has 0 fully saturated rings. The molecule has 0 spiro atoms. The number of nitrogens with zero attached hydrogens (tertiary/aromatic N) is 2. The molecule has 0 amide bonds. The molecule has 0 aliphatic rings. The van der Waals surface area contributed by atoms with Crippen LogP contribution in [0.25, 0.3) is 0 Å². The summed E-state index contributed by atoms with van der Waals surface area (Å²) in [6.07, 6.45) is 1.95. The van der Waals surface area contributed by atoms with Gasteiger partial charge in [-0.1, -0.05) is 13.3 Å². The molecule has 0 saturated carbocycles. The van der Waals surface area contributed by atoms with Crippen LogP contribution in [0.3, 0.4) is 0 Å². The van der Waals surface area contributed by atoms with E-state index in [1.54, 1.807) is 6.07 Å². The Morgan fingerprint density at radius 3 is 2.50 bits per heavy atom. The van der Waals surface area contributed by atoms with E-state index < -0.39 is 0 Å². The molecule has 0 N–H and O–H groups in total. The fourth-order valence-electron chi connectivity index (χ4n) is 0.246. The van der Waals surface area contributed by atoms with Gasteiger partial charge in [0.1, 0.15) is 6.61 Å². The average molecular weight is 144 g/mol. The molecular formula is C6H12N2O2. The number of hydrogen-bond donors (Lipinski definition) is 0. The molecule has 0 aliphatic carbocycles. The van der Waals surface area contributed by atoms with Gasteiger partial charge in [-0.2, -0.15) is 5.26 Å². The van der Waals surface area contributed by atoms with E-state index in [0.717, 1.165) is 12.8 Å². The maximum Gasteiger partial charge on any atom is 0.155 e. The van der Waals surface area contributed by atoms with Crippen molar-refractivity contribution in [3.05, 3.63) is 4.91 Å². The summed E-state index contributed by atoms with van der Waals surface area (Å²) in [5, 5.41) is 9.54. The predicted octanol–water partition coefficient (Wildman–Crippen LogP) is 2.01. The minimum Gasteiger partial charge on any atom is -0.364 e. The summed E-state index contributed by atoms with van der Waals surface area (Å²) in [5.41, 5.74) is 0. The maximum absolute atomic E-state index is 9.21. The molecule has 0 aromatic carbocycles. The zero-order valence-electron chi connectivity index (χ0n) is 6.33. The van der Waals surface area contributed by atoms with Crippen molar-refractivity contribution in [2.75, 3.05) is 6.61 Å². The van der Waals surface area contributed by atoms with E-state index in [4.69, 9.17) is 5.26 Å². The van der Waals surface area contributed by atoms with Crippen LogP contribution in [-0.4, -0.2) is 6.61 Å². The van der Waals surface area contributed by atoms with Crippen LogP contribution >= 0.6 is 0 Å². The lowest BCUT2D eigenvalue weighted by molar-refractivity contribution is 0.136. The van der Waals surface area contributed by atoms with Crippen LogP contribution in [0.5, 0.6) is 0 Å². The first-order chi connectivity index (χ1) is 4.83. The molecule has 0 rings (SSSR count). The average Bonchev–Trinajstić information content (AvgIpc) is 1.91. The van der Waals surface area contributed by atoms with E-state index in [1.165, 1.54) is 6.92 Å². The van der Waals surface area contributed by atoms with Crippen LogP contribution < -0.4 is 0 Å². The van der Waals surface area contributed by atoms with Crippen molar-refractivity contribution >= 4 is 0 Å². The number of hydrogen-bond acceptors (Lipinski definition) is 4. The highest BCUT2D eigenvalue weighted by Gasteiger charge is 1.79. The molecular weight excluding hydrogens is 132 g/mol. The Morgan fingerprint density at radius 2 is 2.20 bits per heavy atom. The fourth-order valence-corrected chi connectivity index (χ4v) is 0.246. The zero-order chi connectivity index (χ0) is 8.24. The third-order valence-electron chi connectivity index (χ3n) is 0.642. The maximum atomic E-state index is 9.21. The van der Waals surface area contributed by atoms with Crippen molar-refractivity contribution in [2.24, 2.45) is 5.34 Å². The van der Waals surface area contributed by atoms with Crippen molar-refractivity contribution in [3.8, 4) is 6.07 Å². The topological polar surface area (TPSA) is 62.4 Å². The molecule has 0 aliphatic heterocycles. The van der Waals surface area contributed by atoms with E-state index in [2.05, 4.69) is 10.2 Å². The van der Waals surface area contributed by atoms with Crippen LogP contribution in [0.1, 0.15) is 26.7 Å². The lowest BCUT2D eigenvalue weighted by Gasteiger charge is -1.88. The Kier molecular flexibility index (Phi) is 18.3. The van der Waals surface area contributed by atoms with Crippen LogP contribution in [0.4, 0.5) is 0 Å². The van der Waals surface area contributed by atoms with Gasteiger partial charge in [-0.25, -0.2) is 0 Å². The van der Waals surface area contributed by atoms with Gasteiger partial charge in [-0.05, 0) is 6.42 Å². The minimum absolute atomic E-state index is 0.458. The third kappa shape index (κ3) is 28.6. The van der Waals surface area contributed by atoms with E-state index in [0.29, 0.717) is 6.61 Å². The highest BCUT2D eigenvalue weighted by molar-refractivity contribution is 4.51. The Bertz CT molecular complexity index is 98.4. The van der Waals surface area contributed by atoms with Gasteiger partial charge in [-0.3, -0.25) is 0 Å². The molecule has 0 atom stereocenters. The van der Waals surface area contributed by atoms with E-state index >= 15 is 0 Å². The van der Waals surface area contributed by atoms with Crippen molar-refractivity contribution in [1.82, 2.24) is 0 Å². The van der Waals surface area contributed by atoms with E-state index in [-0.39, 0.29) is 0 Å². The van der Waals surface area contributed by atoms with Gasteiger partial charge in [0.15, 0.2) is 5.34 Å². The number of nitriles is 1. The molecule has 0 aromatic rings. The highest BCUT2D eigenvalue weighted by atomic mass is 16.7. The van der Waals surface area contributed by atoms with Gasteiger partial charge >= 0.3 is 0 Å². The molecule has 4 nitrogen and oxygen atoms in total. The summed E-state index contributed by atoms with van der Waals surface area (Å²) in [5.74, 6) is 0. The Hall–Kier alpha value is -1.11. The molecule has 0 saturated heterocycles. The number of rotatable bonds is 4. The summed E-state index contributed by atoms with van der Waals surface area (Å²) in [4.78, 5) is 13.4. The fraction of sp³-hybridized carbons (Fsp3) is 0.833. The molecule has 0 radical (unpaired) electrons. The molecule has 4 heteroatoms. The predicted molar refractivity (Wildman–Crippen MR) is 37.9 cm³/mol.